The predicted octanol–water partition coefficient (Wildman–Crippen LogP) is 5.55. The van der Waals surface area contributed by atoms with Crippen LogP contribution in [-0.4, -0.2) is 109 Å². The normalized spacial score (nSPS) is 23.0. The van der Waals surface area contributed by atoms with Crippen molar-refractivity contribution in [3.8, 4) is 0 Å². The molecule has 35 heavy (non-hydrogen) atoms. The molecule has 0 saturated carbocycles. The van der Waals surface area contributed by atoms with Gasteiger partial charge in [-0.15, -0.1) is 0 Å². The molecule has 4 fully saturated rings. The predicted molar refractivity (Wildman–Crippen MR) is 157 cm³/mol. The monoisotopic (exact) mass is 496 g/mol. The summed E-state index contributed by atoms with van der Waals surface area (Å²) in [5.41, 5.74) is 0. The number of hydrogen-bond donors (Lipinski definition) is 1. The minimum absolute atomic E-state index is 0.729. The van der Waals surface area contributed by atoms with Crippen molar-refractivity contribution in [3.63, 3.8) is 0 Å². The first kappa shape index (κ1) is 32.8. The SMILES string of the molecule is CC(C)N1CCCC1.CC(C)N1CCCCC1.CC(C)N1CCCCC1.CC(C)N1CCNCC1. The van der Waals surface area contributed by atoms with Crippen LogP contribution in [0.25, 0.3) is 0 Å². The Morgan fingerprint density at radius 1 is 0.343 bits per heavy atom. The molecule has 4 heterocycles. The molecule has 5 nitrogen and oxygen atoms in total. The van der Waals surface area contributed by atoms with Gasteiger partial charge in [-0.1, -0.05) is 12.8 Å². The van der Waals surface area contributed by atoms with E-state index in [0.29, 0.717) is 0 Å². The van der Waals surface area contributed by atoms with E-state index in [0.717, 1.165) is 37.3 Å². The van der Waals surface area contributed by atoms with E-state index in [4.69, 9.17) is 0 Å². The van der Waals surface area contributed by atoms with Gasteiger partial charge in [-0.2, -0.15) is 0 Å². The number of likely N-dealkylation sites (tertiary alicyclic amines) is 3. The fourth-order valence-electron chi connectivity index (χ4n) is 5.33. The van der Waals surface area contributed by atoms with E-state index in [-0.39, 0.29) is 0 Å². The molecule has 0 aromatic rings. The van der Waals surface area contributed by atoms with Crippen LogP contribution in [0.2, 0.25) is 0 Å². The van der Waals surface area contributed by atoms with Crippen LogP contribution < -0.4 is 5.32 Å². The second kappa shape index (κ2) is 19.9. The average Bonchev–Trinajstić information content (AvgIpc) is 3.43. The van der Waals surface area contributed by atoms with Gasteiger partial charge in [0.25, 0.3) is 0 Å². The third kappa shape index (κ3) is 15.6. The molecule has 0 aromatic heterocycles. The molecule has 0 unspecified atom stereocenters. The van der Waals surface area contributed by atoms with Crippen LogP contribution in [-0.2, 0) is 0 Å². The summed E-state index contributed by atoms with van der Waals surface area (Å²) in [5.74, 6) is 0. The first-order valence-corrected chi connectivity index (χ1v) is 15.4. The number of nitrogens with one attached hydrogen (secondary N) is 1. The minimum Gasteiger partial charge on any atom is -0.314 e. The Labute approximate surface area is 221 Å². The van der Waals surface area contributed by atoms with E-state index < -0.39 is 0 Å². The first-order chi connectivity index (χ1) is 16.7. The smallest absolute Gasteiger partial charge is 0.0110 e. The molecule has 0 amide bonds. The molecule has 4 rings (SSSR count). The van der Waals surface area contributed by atoms with Crippen molar-refractivity contribution in [2.24, 2.45) is 0 Å². The highest BCUT2D eigenvalue weighted by atomic mass is 15.2. The van der Waals surface area contributed by atoms with Gasteiger partial charge < -0.3 is 20.0 Å². The number of hydrogen-bond acceptors (Lipinski definition) is 5. The van der Waals surface area contributed by atoms with Gasteiger partial charge in [0.1, 0.15) is 0 Å². The largest absolute Gasteiger partial charge is 0.314 e. The quantitative estimate of drug-likeness (QED) is 0.551. The van der Waals surface area contributed by atoms with Crippen molar-refractivity contribution >= 4 is 0 Å². The number of piperazine rings is 1. The zero-order chi connectivity index (χ0) is 26.1. The number of piperidine rings is 2. The summed E-state index contributed by atoms with van der Waals surface area (Å²) in [6.07, 6.45) is 11.4. The molecule has 0 atom stereocenters. The lowest BCUT2D eigenvalue weighted by Gasteiger charge is -2.30. The number of rotatable bonds is 4. The van der Waals surface area contributed by atoms with E-state index in [1.54, 1.807) is 0 Å². The molecule has 0 aromatic carbocycles. The van der Waals surface area contributed by atoms with Crippen LogP contribution in [0.5, 0.6) is 0 Å². The second-order valence-corrected chi connectivity index (χ2v) is 12.1. The summed E-state index contributed by atoms with van der Waals surface area (Å²) in [4.78, 5) is 10.1. The maximum Gasteiger partial charge on any atom is 0.0110 e. The number of nitrogens with zero attached hydrogens (tertiary/aromatic N) is 4. The summed E-state index contributed by atoms with van der Waals surface area (Å²) in [6.45, 7) is 30.9. The van der Waals surface area contributed by atoms with Crippen LogP contribution in [0.3, 0.4) is 0 Å². The van der Waals surface area contributed by atoms with Crippen LogP contribution in [0, 0.1) is 0 Å². The molecule has 210 valence electrons. The lowest BCUT2D eigenvalue weighted by atomic mass is 10.1. The average molecular weight is 496 g/mol. The van der Waals surface area contributed by atoms with E-state index >= 15 is 0 Å². The lowest BCUT2D eigenvalue weighted by Crippen LogP contribution is -2.46. The van der Waals surface area contributed by atoms with Crippen molar-refractivity contribution < 1.29 is 0 Å². The summed E-state index contributed by atoms with van der Waals surface area (Å²) >= 11 is 0. The molecular formula is C30H65N5. The molecule has 4 saturated heterocycles. The van der Waals surface area contributed by atoms with Gasteiger partial charge in [0.05, 0.1) is 0 Å². The fourth-order valence-corrected chi connectivity index (χ4v) is 5.33. The third-order valence-electron chi connectivity index (χ3n) is 7.99. The molecule has 0 bridgehead atoms. The van der Waals surface area contributed by atoms with Gasteiger partial charge in [-0.25, -0.2) is 0 Å². The first-order valence-electron chi connectivity index (χ1n) is 15.4. The second-order valence-electron chi connectivity index (χ2n) is 12.1. The van der Waals surface area contributed by atoms with Gasteiger partial charge in [-0.05, 0) is 133 Å². The van der Waals surface area contributed by atoms with Crippen molar-refractivity contribution in [1.82, 2.24) is 24.9 Å². The Hall–Kier alpha value is -0.200. The molecule has 4 aliphatic heterocycles. The van der Waals surface area contributed by atoms with E-state index in [2.05, 4.69) is 80.3 Å². The molecule has 4 aliphatic rings. The summed E-state index contributed by atoms with van der Waals surface area (Å²) in [6, 6.07) is 3.04. The third-order valence-corrected chi connectivity index (χ3v) is 7.99. The van der Waals surface area contributed by atoms with Crippen molar-refractivity contribution in [2.45, 2.75) is 131 Å². The van der Waals surface area contributed by atoms with Gasteiger partial charge in [-0.3, -0.25) is 4.90 Å². The van der Waals surface area contributed by atoms with Gasteiger partial charge in [0.15, 0.2) is 0 Å². The summed E-state index contributed by atoms with van der Waals surface area (Å²) in [7, 11) is 0. The Morgan fingerprint density at radius 2 is 0.571 bits per heavy atom. The zero-order valence-electron chi connectivity index (χ0n) is 25.3. The standard InChI is InChI=1S/2C8H17N.C7H16N2.C7H15N/c2*1-8(2)9-6-4-3-5-7-9;1-7(2)9-5-3-8-4-6-9;1-7(2)8-5-3-4-6-8/h2*8H,3-7H2,1-2H3;7-8H,3-6H2,1-2H3;7H,3-6H2,1-2H3. The highest BCUT2D eigenvalue weighted by Crippen LogP contribution is 2.12. The highest BCUT2D eigenvalue weighted by molar-refractivity contribution is 4.71. The van der Waals surface area contributed by atoms with Crippen LogP contribution >= 0.6 is 0 Å². The van der Waals surface area contributed by atoms with Crippen LogP contribution in [0.15, 0.2) is 0 Å². The van der Waals surface area contributed by atoms with E-state index in [9.17, 15) is 0 Å². The molecule has 0 aliphatic carbocycles. The Kier molecular flexibility index (Phi) is 18.6. The van der Waals surface area contributed by atoms with Crippen molar-refractivity contribution in [1.29, 1.82) is 0 Å². The zero-order valence-corrected chi connectivity index (χ0v) is 25.3. The maximum absolute atomic E-state index is 3.33. The van der Waals surface area contributed by atoms with Gasteiger partial charge in [0.2, 0.25) is 0 Å². The Balaban J connectivity index is 0.000000234. The molecule has 5 heteroatoms. The van der Waals surface area contributed by atoms with Gasteiger partial charge in [0, 0.05) is 50.3 Å². The Morgan fingerprint density at radius 3 is 0.771 bits per heavy atom. The van der Waals surface area contributed by atoms with Gasteiger partial charge >= 0.3 is 0 Å². The highest BCUT2D eigenvalue weighted by Gasteiger charge is 2.14. The lowest BCUT2D eigenvalue weighted by molar-refractivity contribution is 0.185. The van der Waals surface area contributed by atoms with Crippen molar-refractivity contribution in [3.05, 3.63) is 0 Å². The summed E-state index contributed by atoms with van der Waals surface area (Å²) < 4.78 is 0. The summed E-state index contributed by atoms with van der Waals surface area (Å²) in [5, 5.41) is 3.33. The fraction of sp³-hybridized carbons (Fsp3) is 1.00. The molecular weight excluding hydrogens is 430 g/mol. The van der Waals surface area contributed by atoms with Crippen LogP contribution in [0.1, 0.15) is 107 Å². The topological polar surface area (TPSA) is 25.0 Å². The molecule has 0 radical (unpaired) electrons. The maximum atomic E-state index is 3.33. The molecule has 1 N–H and O–H groups in total. The van der Waals surface area contributed by atoms with Crippen LogP contribution in [0.4, 0.5) is 0 Å². The van der Waals surface area contributed by atoms with Crippen molar-refractivity contribution in [2.75, 3.05) is 65.4 Å². The minimum atomic E-state index is 0.729. The molecule has 0 spiro atoms. The van der Waals surface area contributed by atoms with E-state index in [1.165, 1.54) is 104 Å². The Bertz CT molecular complexity index is 403. The van der Waals surface area contributed by atoms with E-state index in [1.807, 2.05) is 0 Å².